The number of hydrogen-bond donors (Lipinski definition) is 1. The molecular weight excluding hydrogens is 262 g/mol. The normalized spacial score (nSPS) is 10.7. The molecule has 0 aliphatic carbocycles. The third kappa shape index (κ3) is 3.40. The van der Waals surface area contributed by atoms with Gasteiger partial charge in [-0.3, -0.25) is 10.1 Å². The number of benzene rings is 1. The largest absolute Gasteiger partial charge is 0.444 e. The molecule has 7 heteroatoms. The van der Waals surface area contributed by atoms with Crippen LogP contribution >= 0.6 is 0 Å². The number of oxazole rings is 1. The highest BCUT2D eigenvalue weighted by atomic mass is 16.6. The van der Waals surface area contributed by atoms with Gasteiger partial charge in [0.2, 0.25) is 5.89 Å². The highest BCUT2D eigenvalue weighted by Gasteiger charge is 2.18. The third-order valence-electron chi connectivity index (χ3n) is 2.67. The number of nitrogens with one attached hydrogen (secondary N) is 1. The predicted octanol–water partition coefficient (Wildman–Crippen LogP) is 1.99. The topological polar surface area (TPSA) is 90.4 Å². The number of aromatic nitrogens is 1. The van der Waals surface area contributed by atoms with Crippen LogP contribution in [0.3, 0.4) is 0 Å². The molecule has 2 rings (SSSR count). The van der Waals surface area contributed by atoms with Crippen molar-refractivity contribution in [3.63, 3.8) is 0 Å². The quantitative estimate of drug-likeness (QED) is 0.473. The van der Waals surface area contributed by atoms with Crippen molar-refractivity contribution in [2.75, 3.05) is 20.3 Å². The van der Waals surface area contributed by atoms with Gasteiger partial charge in [-0.1, -0.05) is 12.1 Å². The van der Waals surface area contributed by atoms with Gasteiger partial charge in [-0.05, 0) is 6.07 Å². The second-order valence-corrected chi connectivity index (χ2v) is 4.09. The Kier molecular flexibility index (Phi) is 4.80. The minimum Gasteiger partial charge on any atom is -0.444 e. The van der Waals surface area contributed by atoms with E-state index in [2.05, 4.69) is 10.3 Å². The molecule has 0 saturated carbocycles. The second-order valence-electron chi connectivity index (χ2n) is 4.09. The number of nitrogens with zero attached hydrogens (tertiary/aromatic N) is 2. The molecule has 0 aliphatic heterocycles. The van der Waals surface area contributed by atoms with E-state index < -0.39 is 4.92 Å². The van der Waals surface area contributed by atoms with Crippen molar-refractivity contribution >= 4 is 5.69 Å². The van der Waals surface area contributed by atoms with Crippen molar-refractivity contribution in [1.29, 1.82) is 0 Å². The maximum Gasteiger partial charge on any atom is 0.282 e. The second kappa shape index (κ2) is 6.78. The van der Waals surface area contributed by atoms with Crippen molar-refractivity contribution in [3.05, 3.63) is 46.3 Å². The van der Waals surface area contributed by atoms with Gasteiger partial charge >= 0.3 is 0 Å². The number of ether oxygens (including phenoxy) is 1. The van der Waals surface area contributed by atoms with Gasteiger partial charge in [0, 0.05) is 26.3 Å². The first-order chi connectivity index (χ1) is 9.72. The molecule has 1 aromatic heterocycles. The van der Waals surface area contributed by atoms with Gasteiger partial charge in [-0.25, -0.2) is 4.98 Å². The van der Waals surface area contributed by atoms with E-state index in [1.165, 1.54) is 12.3 Å². The Labute approximate surface area is 115 Å². The van der Waals surface area contributed by atoms with Crippen LogP contribution in [0.5, 0.6) is 0 Å². The fraction of sp³-hybridized carbons (Fsp3) is 0.308. The molecule has 0 atom stereocenters. The fourth-order valence-electron chi connectivity index (χ4n) is 1.72. The Morgan fingerprint density at radius 3 is 3.00 bits per heavy atom. The fourth-order valence-corrected chi connectivity index (χ4v) is 1.72. The van der Waals surface area contributed by atoms with Crippen LogP contribution in [-0.4, -0.2) is 30.2 Å². The summed E-state index contributed by atoms with van der Waals surface area (Å²) < 4.78 is 10.2. The molecule has 1 heterocycles. The molecule has 106 valence electrons. The molecule has 0 bridgehead atoms. The lowest BCUT2D eigenvalue weighted by atomic mass is 10.2. The number of para-hydroxylation sites is 1. The SMILES string of the molecule is COCCNCc1coc(-c2ccccc2[N+](=O)[O-])n1. The molecule has 1 aromatic carbocycles. The molecule has 0 fully saturated rings. The van der Waals surface area contributed by atoms with Crippen LogP contribution in [0.25, 0.3) is 11.5 Å². The van der Waals surface area contributed by atoms with Gasteiger partial charge in [0.15, 0.2) is 0 Å². The van der Waals surface area contributed by atoms with E-state index in [4.69, 9.17) is 9.15 Å². The standard InChI is InChI=1S/C13H15N3O4/c1-19-7-6-14-8-10-9-20-13(15-10)11-4-2-3-5-12(11)16(17)18/h2-5,9,14H,6-8H2,1H3. The van der Waals surface area contributed by atoms with Crippen LogP contribution in [-0.2, 0) is 11.3 Å². The lowest BCUT2D eigenvalue weighted by molar-refractivity contribution is -0.384. The number of hydrogen-bond acceptors (Lipinski definition) is 6. The molecule has 1 N–H and O–H groups in total. The van der Waals surface area contributed by atoms with Crippen molar-refractivity contribution in [2.45, 2.75) is 6.54 Å². The van der Waals surface area contributed by atoms with Crippen LogP contribution in [0.1, 0.15) is 5.69 Å². The van der Waals surface area contributed by atoms with Gasteiger partial charge in [0.25, 0.3) is 5.69 Å². The third-order valence-corrected chi connectivity index (χ3v) is 2.67. The van der Waals surface area contributed by atoms with Gasteiger partial charge in [-0.15, -0.1) is 0 Å². The number of methoxy groups -OCH3 is 1. The van der Waals surface area contributed by atoms with Gasteiger partial charge < -0.3 is 14.5 Å². The number of nitro benzene ring substituents is 1. The Morgan fingerprint density at radius 1 is 1.45 bits per heavy atom. The minimum atomic E-state index is -0.448. The first-order valence-corrected chi connectivity index (χ1v) is 6.10. The maximum atomic E-state index is 11.0. The summed E-state index contributed by atoms with van der Waals surface area (Å²) in [5.41, 5.74) is 1.04. The first kappa shape index (κ1) is 14.2. The lowest BCUT2D eigenvalue weighted by Crippen LogP contribution is -2.18. The molecule has 0 radical (unpaired) electrons. The zero-order valence-electron chi connectivity index (χ0n) is 11.0. The molecule has 0 amide bonds. The monoisotopic (exact) mass is 277 g/mol. The molecule has 0 saturated heterocycles. The van der Waals surface area contributed by atoms with E-state index in [9.17, 15) is 10.1 Å². The van der Waals surface area contributed by atoms with E-state index in [1.807, 2.05) is 0 Å². The zero-order valence-corrected chi connectivity index (χ0v) is 11.0. The lowest BCUT2D eigenvalue weighted by Gasteiger charge is -2.00. The van der Waals surface area contributed by atoms with E-state index >= 15 is 0 Å². The summed E-state index contributed by atoms with van der Waals surface area (Å²) in [7, 11) is 1.63. The summed E-state index contributed by atoms with van der Waals surface area (Å²) in [5.74, 6) is 0.251. The Bertz CT molecular complexity index is 583. The average Bonchev–Trinajstić information content (AvgIpc) is 2.92. The van der Waals surface area contributed by atoms with Crippen molar-refractivity contribution in [1.82, 2.24) is 10.3 Å². The molecule has 7 nitrogen and oxygen atoms in total. The summed E-state index contributed by atoms with van der Waals surface area (Å²) in [6, 6.07) is 6.36. The highest BCUT2D eigenvalue weighted by Crippen LogP contribution is 2.28. The van der Waals surface area contributed by atoms with Gasteiger partial charge in [0.05, 0.1) is 17.2 Å². The zero-order chi connectivity index (χ0) is 14.4. The molecule has 0 unspecified atom stereocenters. The molecule has 2 aromatic rings. The number of rotatable bonds is 7. The summed E-state index contributed by atoms with van der Waals surface area (Å²) >= 11 is 0. The average molecular weight is 277 g/mol. The minimum absolute atomic E-state index is 0.0201. The first-order valence-electron chi connectivity index (χ1n) is 6.10. The van der Waals surface area contributed by atoms with E-state index in [1.54, 1.807) is 25.3 Å². The van der Waals surface area contributed by atoms with E-state index in [-0.39, 0.29) is 11.6 Å². The Balaban J connectivity index is 2.11. The van der Waals surface area contributed by atoms with Crippen LogP contribution in [0.15, 0.2) is 34.9 Å². The maximum absolute atomic E-state index is 11.0. The summed E-state index contributed by atoms with van der Waals surface area (Å²) in [6.45, 7) is 1.83. The van der Waals surface area contributed by atoms with Gasteiger partial charge in [-0.2, -0.15) is 0 Å². The molecule has 0 aliphatic rings. The van der Waals surface area contributed by atoms with Crippen LogP contribution in [0.2, 0.25) is 0 Å². The molecule has 20 heavy (non-hydrogen) atoms. The van der Waals surface area contributed by atoms with E-state index in [0.29, 0.717) is 31.0 Å². The van der Waals surface area contributed by atoms with Crippen molar-refractivity contribution in [2.24, 2.45) is 0 Å². The Hall–Kier alpha value is -2.25. The number of nitro groups is 1. The molecular formula is C13H15N3O4. The smallest absolute Gasteiger partial charge is 0.282 e. The van der Waals surface area contributed by atoms with Crippen molar-refractivity contribution < 1.29 is 14.1 Å². The van der Waals surface area contributed by atoms with E-state index in [0.717, 1.165) is 0 Å². The summed E-state index contributed by atoms with van der Waals surface area (Å²) in [5, 5.41) is 14.1. The summed E-state index contributed by atoms with van der Waals surface area (Å²) in [6.07, 6.45) is 1.49. The molecule has 0 spiro atoms. The van der Waals surface area contributed by atoms with Crippen LogP contribution in [0, 0.1) is 10.1 Å². The highest BCUT2D eigenvalue weighted by molar-refractivity contribution is 5.66. The predicted molar refractivity (Wildman–Crippen MR) is 72.2 cm³/mol. The van der Waals surface area contributed by atoms with Crippen LogP contribution in [0.4, 0.5) is 5.69 Å². The summed E-state index contributed by atoms with van der Waals surface area (Å²) in [4.78, 5) is 14.8. The Morgan fingerprint density at radius 2 is 2.25 bits per heavy atom. The van der Waals surface area contributed by atoms with Crippen molar-refractivity contribution in [3.8, 4) is 11.5 Å². The van der Waals surface area contributed by atoms with Crippen LogP contribution < -0.4 is 5.32 Å². The van der Waals surface area contributed by atoms with Gasteiger partial charge in [0.1, 0.15) is 11.8 Å².